The predicted octanol–water partition coefficient (Wildman–Crippen LogP) is 4.90. The summed E-state index contributed by atoms with van der Waals surface area (Å²) in [5.74, 6) is 0. The lowest BCUT2D eigenvalue weighted by atomic mass is 9.93. The maximum Gasteiger partial charge on any atom is 0.114 e. The molecule has 2 nitrogen and oxygen atoms in total. The number of benzene rings is 1. The molecule has 0 aliphatic carbocycles. The molecule has 1 atom stereocenters. The van der Waals surface area contributed by atoms with Gasteiger partial charge in [-0.1, -0.05) is 38.4 Å². The molecule has 0 saturated carbocycles. The molecule has 1 heterocycles. The van der Waals surface area contributed by atoms with Gasteiger partial charge in [-0.2, -0.15) is 0 Å². The van der Waals surface area contributed by atoms with E-state index in [1.165, 1.54) is 0 Å². The molecule has 0 aliphatic rings. The van der Waals surface area contributed by atoms with Crippen LogP contribution in [0.5, 0.6) is 0 Å². The van der Waals surface area contributed by atoms with Gasteiger partial charge < -0.3 is 5.73 Å². The van der Waals surface area contributed by atoms with Gasteiger partial charge in [0.05, 0.1) is 16.8 Å². The Labute approximate surface area is 131 Å². The maximum absolute atomic E-state index is 6.28. The maximum atomic E-state index is 6.28. The van der Waals surface area contributed by atoms with E-state index in [-0.39, 0.29) is 11.5 Å². The summed E-state index contributed by atoms with van der Waals surface area (Å²) in [5.41, 5.74) is 8.41. The van der Waals surface area contributed by atoms with Crippen molar-refractivity contribution in [2.24, 2.45) is 5.73 Å². The monoisotopic (exact) mass is 358 g/mol. The summed E-state index contributed by atoms with van der Waals surface area (Å²) in [6.45, 7) is 6.45. The summed E-state index contributed by atoms with van der Waals surface area (Å²) >= 11 is 11.0. The van der Waals surface area contributed by atoms with Crippen LogP contribution in [0.3, 0.4) is 0 Å². The molecule has 102 valence electrons. The summed E-state index contributed by atoms with van der Waals surface area (Å²) in [6, 6.07) is 5.52. The lowest BCUT2D eigenvalue weighted by Crippen LogP contribution is -2.15. The molecule has 5 heteroatoms. The summed E-state index contributed by atoms with van der Waals surface area (Å²) < 4.78 is 0.856. The van der Waals surface area contributed by atoms with E-state index in [0.29, 0.717) is 5.02 Å². The minimum atomic E-state index is -0.213. The molecule has 1 aromatic carbocycles. The normalized spacial score (nSPS) is 13.6. The molecule has 0 fully saturated rings. The van der Waals surface area contributed by atoms with E-state index in [2.05, 4.69) is 47.1 Å². The smallest absolute Gasteiger partial charge is 0.114 e. The fraction of sp³-hybridized carbons (Fsp3) is 0.357. The van der Waals surface area contributed by atoms with Crippen LogP contribution in [-0.2, 0) is 5.41 Å². The Hall–Kier alpha value is -0.420. The van der Waals surface area contributed by atoms with Gasteiger partial charge in [-0.3, -0.25) is 0 Å². The second-order valence-corrected chi connectivity index (χ2v) is 7.62. The van der Waals surface area contributed by atoms with Crippen LogP contribution in [0.25, 0.3) is 0 Å². The zero-order valence-corrected chi connectivity index (χ0v) is 14.2. The highest BCUT2D eigenvalue weighted by atomic mass is 79.9. The van der Waals surface area contributed by atoms with E-state index in [4.69, 9.17) is 17.3 Å². The third-order valence-electron chi connectivity index (χ3n) is 2.86. The Balaban J connectivity index is 2.31. The van der Waals surface area contributed by atoms with Crippen LogP contribution in [0.1, 0.15) is 43.1 Å². The summed E-state index contributed by atoms with van der Waals surface area (Å²) in [4.78, 5) is 4.66. The molecule has 2 aromatic rings. The van der Waals surface area contributed by atoms with E-state index in [1.54, 1.807) is 11.3 Å². The van der Waals surface area contributed by atoms with Gasteiger partial charge in [0.1, 0.15) is 5.01 Å². The molecular formula is C14H16BrClN2S. The van der Waals surface area contributed by atoms with E-state index < -0.39 is 0 Å². The molecule has 0 spiro atoms. The van der Waals surface area contributed by atoms with E-state index in [9.17, 15) is 0 Å². The number of thiazole rings is 1. The number of halogens is 2. The third kappa shape index (κ3) is 3.37. The third-order valence-corrected chi connectivity index (χ3v) is 5.00. The van der Waals surface area contributed by atoms with Crippen molar-refractivity contribution in [3.05, 3.63) is 49.3 Å². The first kappa shape index (κ1) is 15.0. The van der Waals surface area contributed by atoms with Crippen molar-refractivity contribution in [1.29, 1.82) is 0 Å². The quantitative estimate of drug-likeness (QED) is 0.828. The number of rotatable bonds is 2. The zero-order valence-electron chi connectivity index (χ0n) is 11.1. The highest BCUT2D eigenvalue weighted by Crippen LogP contribution is 2.31. The van der Waals surface area contributed by atoms with Crippen molar-refractivity contribution >= 4 is 38.9 Å². The fourth-order valence-corrected chi connectivity index (χ4v) is 3.21. The number of nitrogens with two attached hydrogens (primary N) is 1. The molecule has 0 aliphatic heterocycles. The molecule has 2 N–H and O–H groups in total. The first-order valence-electron chi connectivity index (χ1n) is 5.95. The SMILES string of the molecule is CC(C)(C)c1csc(C(N)c2ccc(Cl)c(Br)c2)n1. The van der Waals surface area contributed by atoms with E-state index in [1.807, 2.05) is 18.2 Å². The van der Waals surface area contributed by atoms with Crippen molar-refractivity contribution in [2.75, 3.05) is 0 Å². The first-order chi connectivity index (χ1) is 8.79. The van der Waals surface area contributed by atoms with Crippen molar-refractivity contribution in [3.8, 4) is 0 Å². The zero-order chi connectivity index (χ0) is 14.2. The Bertz CT molecular complexity index is 589. The number of aromatic nitrogens is 1. The standard InChI is InChI=1S/C14H16BrClN2S/c1-14(2,3)11-7-19-13(18-11)12(17)8-4-5-10(16)9(15)6-8/h4-7,12H,17H2,1-3H3. The van der Waals surface area contributed by atoms with Crippen LogP contribution in [-0.4, -0.2) is 4.98 Å². The van der Waals surface area contributed by atoms with Crippen LogP contribution in [0.2, 0.25) is 5.02 Å². The summed E-state index contributed by atoms with van der Waals surface area (Å²) in [5, 5.41) is 3.70. The van der Waals surface area contributed by atoms with Gasteiger partial charge in [-0.15, -0.1) is 11.3 Å². The Morgan fingerprint density at radius 1 is 1.37 bits per heavy atom. The van der Waals surface area contributed by atoms with Crippen LogP contribution in [0.15, 0.2) is 28.1 Å². The van der Waals surface area contributed by atoms with Gasteiger partial charge in [0.25, 0.3) is 0 Å². The van der Waals surface area contributed by atoms with Crippen molar-refractivity contribution < 1.29 is 0 Å². The van der Waals surface area contributed by atoms with E-state index >= 15 is 0 Å². The van der Waals surface area contributed by atoms with Crippen LogP contribution < -0.4 is 5.73 Å². The van der Waals surface area contributed by atoms with Crippen LogP contribution in [0.4, 0.5) is 0 Å². The second kappa shape index (κ2) is 5.52. The molecule has 19 heavy (non-hydrogen) atoms. The Morgan fingerprint density at radius 3 is 2.58 bits per heavy atom. The number of hydrogen-bond acceptors (Lipinski definition) is 3. The molecule has 0 saturated heterocycles. The minimum Gasteiger partial charge on any atom is -0.318 e. The minimum absolute atomic E-state index is 0.0506. The Kier molecular flexibility index (Phi) is 4.35. The molecule has 0 radical (unpaired) electrons. The average Bonchev–Trinajstić information content (AvgIpc) is 2.81. The molecular weight excluding hydrogens is 344 g/mol. The van der Waals surface area contributed by atoms with Crippen LogP contribution >= 0.6 is 38.9 Å². The highest BCUT2D eigenvalue weighted by Gasteiger charge is 2.20. The Morgan fingerprint density at radius 2 is 2.05 bits per heavy atom. The molecule has 2 rings (SSSR count). The fourth-order valence-electron chi connectivity index (χ4n) is 1.62. The topological polar surface area (TPSA) is 38.9 Å². The lowest BCUT2D eigenvalue weighted by molar-refractivity contribution is 0.569. The summed E-state index contributed by atoms with van der Waals surface area (Å²) in [7, 11) is 0. The average molecular weight is 360 g/mol. The summed E-state index contributed by atoms with van der Waals surface area (Å²) in [6.07, 6.45) is 0. The largest absolute Gasteiger partial charge is 0.318 e. The van der Waals surface area contributed by atoms with Crippen LogP contribution in [0, 0.1) is 0 Å². The van der Waals surface area contributed by atoms with Gasteiger partial charge in [-0.05, 0) is 33.6 Å². The molecule has 1 aromatic heterocycles. The van der Waals surface area contributed by atoms with Crippen molar-refractivity contribution in [1.82, 2.24) is 4.98 Å². The first-order valence-corrected chi connectivity index (χ1v) is 8.00. The van der Waals surface area contributed by atoms with Gasteiger partial charge in [0.2, 0.25) is 0 Å². The van der Waals surface area contributed by atoms with Gasteiger partial charge in [-0.25, -0.2) is 4.98 Å². The van der Waals surface area contributed by atoms with Crippen molar-refractivity contribution in [3.63, 3.8) is 0 Å². The van der Waals surface area contributed by atoms with E-state index in [0.717, 1.165) is 20.7 Å². The lowest BCUT2D eigenvalue weighted by Gasteiger charge is -2.15. The van der Waals surface area contributed by atoms with Gasteiger partial charge in [0.15, 0.2) is 0 Å². The number of hydrogen-bond donors (Lipinski definition) is 1. The molecule has 0 amide bonds. The second-order valence-electron chi connectivity index (χ2n) is 5.47. The van der Waals surface area contributed by atoms with Gasteiger partial charge in [0, 0.05) is 15.3 Å². The van der Waals surface area contributed by atoms with Gasteiger partial charge >= 0.3 is 0 Å². The molecule has 1 unspecified atom stereocenters. The number of nitrogens with zero attached hydrogens (tertiary/aromatic N) is 1. The predicted molar refractivity (Wildman–Crippen MR) is 86.0 cm³/mol. The molecule has 0 bridgehead atoms. The van der Waals surface area contributed by atoms with Crippen molar-refractivity contribution in [2.45, 2.75) is 32.2 Å². The highest BCUT2D eigenvalue weighted by molar-refractivity contribution is 9.10.